The summed E-state index contributed by atoms with van der Waals surface area (Å²) in [5.41, 5.74) is 2.19. The first-order chi connectivity index (χ1) is 11.3. The second kappa shape index (κ2) is 6.17. The summed E-state index contributed by atoms with van der Waals surface area (Å²) in [6.07, 6.45) is 3.64. The topological polar surface area (TPSA) is 48.4 Å². The van der Waals surface area contributed by atoms with Gasteiger partial charge in [0, 0.05) is 24.8 Å². The van der Waals surface area contributed by atoms with Gasteiger partial charge in [-0.15, -0.1) is 0 Å². The van der Waals surface area contributed by atoms with Crippen molar-refractivity contribution in [1.82, 2.24) is 4.98 Å². The Morgan fingerprint density at radius 3 is 2.58 bits per heavy atom. The van der Waals surface area contributed by atoms with Crippen molar-refractivity contribution < 1.29 is 14.3 Å². The number of hydrogen-bond donors (Lipinski definition) is 0. The third kappa shape index (κ3) is 3.44. The first kappa shape index (κ1) is 16.9. The van der Waals surface area contributed by atoms with E-state index in [4.69, 9.17) is 9.47 Å². The fourth-order valence-electron chi connectivity index (χ4n) is 3.14. The number of carbonyl (C=O) groups is 1. The molecule has 4 nitrogen and oxygen atoms in total. The SMILES string of the molecule is CC(C)(C)OC(=O)c1ccnc2ccc(C3(C)CCOCC3)cc12. The highest BCUT2D eigenvalue weighted by atomic mass is 16.6. The number of rotatable bonds is 2. The van der Waals surface area contributed by atoms with E-state index in [1.165, 1.54) is 5.56 Å². The Bertz CT molecular complexity index is 755. The van der Waals surface area contributed by atoms with Gasteiger partial charge in [-0.1, -0.05) is 13.0 Å². The van der Waals surface area contributed by atoms with Crippen LogP contribution in [0.25, 0.3) is 10.9 Å². The van der Waals surface area contributed by atoms with Crippen molar-refractivity contribution in [2.75, 3.05) is 13.2 Å². The maximum absolute atomic E-state index is 12.6. The highest BCUT2D eigenvalue weighted by Gasteiger charge is 2.30. The summed E-state index contributed by atoms with van der Waals surface area (Å²) in [5.74, 6) is -0.302. The summed E-state index contributed by atoms with van der Waals surface area (Å²) < 4.78 is 11.1. The van der Waals surface area contributed by atoms with Gasteiger partial charge in [-0.2, -0.15) is 0 Å². The molecule has 0 N–H and O–H groups in total. The number of benzene rings is 1. The number of fused-ring (bicyclic) bond motifs is 1. The molecule has 0 amide bonds. The lowest BCUT2D eigenvalue weighted by molar-refractivity contribution is 0.00716. The molecule has 1 saturated heterocycles. The molecule has 2 heterocycles. The lowest BCUT2D eigenvalue weighted by Crippen LogP contribution is -2.30. The minimum Gasteiger partial charge on any atom is -0.456 e. The average molecular weight is 327 g/mol. The fourth-order valence-corrected chi connectivity index (χ4v) is 3.14. The minimum atomic E-state index is -0.517. The van der Waals surface area contributed by atoms with Crippen molar-refractivity contribution in [2.24, 2.45) is 0 Å². The predicted octanol–water partition coefficient (Wildman–Crippen LogP) is 4.26. The Balaban J connectivity index is 2.04. The molecule has 1 aromatic heterocycles. The molecule has 4 heteroatoms. The molecule has 0 unspecified atom stereocenters. The van der Waals surface area contributed by atoms with Crippen molar-refractivity contribution in [2.45, 2.75) is 51.6 Å². The highest BCUT2D eigenvalue weighted by Crippen LogP contribution is 2.36. The lowest BCUT2D eigenvalue weighted by Gasteiger charge is -2.34. The van der Waals surface area contributed by atoms with E-state index in [0.717, 1.165) is 37.0 Å². The van der Waals surface area contributed by atoms with Crippen molar-refractivity contribution in [3.63, 3.8) is 0 Å². The summed E-state index contributed by atoms with van der Waals surface area (Å²) in [6, 6.07) is 7.97. The van der Waals surface area contributed by atoms with E-state index in [-0.39, 0.29) is 11.4 Å². The van der Waals surface area contributed by atoms with Gasteiger partial charge in [0.05, 0.1) is 11.1 Å². The molecule has 2 aromatic rings. The van der Waals surface area contributed by atoms with Crippen LogP contribution in [-0.4, -0.2) is 29.8 Å². The zero-order chi connectivity index (χ0) is 17.4. The molecular formula is C20H25NO3. The quantitative estimate of drug-likeness (QED) is 0.773. The summed E-state index contributed by atoms with van der Waals surface area (Å²) in [7, 11) is 0. The largest absolute Gasteiger partial charge is 0.456 e. The van der Waals surface area contributed by atoms with Gasteiger partial charge in [-0.05, 0) is 62.8 Å². The number of ether oxygens (including phenoxy) is 2. The summed E-state index contributed by atoms with van der Waals surface area (Å²) in [6.45, 7) is 9.45. The first-order valence-electron chi connectivity index (χ1n) is 8.49. The van der Waals surface area contributed by atoms with Crippen molar-refractivity contribution >= 4 is 16.9 Å². The zero-order valence-corrected chi connectivity index (χ0v) is 14.9. The number of hydrogen-bond acceptors (Lipinski definition) is 4. The molecule has 1 fully saturated rings. The number of nitrogens with zero attached hydrogens (tertiary/aromatic N) is 1. The summed E-state index contributed by atoms with van der Waals surface area (Å²) in [4.78, 5) is 17.0. The molecule has 24 heavy (non-hydrogen) atoms. The van der Waals surface area contributed by atoms with Crippen molar-refractivity contribution in [3.8, 4) is 0 Å². The molecule has 0 bridgehead atoms. The van der Waals surface area contributed by atoms with E-state index in [1.54, 1.807) is 12.3 Å². The third-order valence-electron chi connectivity index (χ3n) is 4.65. The van der Waals surface area contributed by atoms with E-state index in [1.807, 2.05) is 26.8 Å². The number of esters is 1. The van der Waals surface area contributed by atoms with Crippen LogP contribution in [0, 0.1) is 0 Å². The molecule has 0 saturated carbocycles. The molecule has 1 aliphatic rings. The third-order valence-corrected chi connectivity index (χ3v) is 4.65. The predicted molar refractivity (Wildman–Crippen MR) is 94.3 cm³/mol. The smallest absolute Gasteiger partial charge is 0.339 e. The Labute approximate surface area is 143 Å². The molecule has 0 spiro atoms. The molecule has 0 aliphatic carbocycles. The van der Waals surface area contributed by atoms with Gasteiger partial charge in [0.15, 0.2) is 0 Å². The molecule has 128 valence electrons. The Morgan fingerprint density at radius 1 is 1.21 bits per heavy atom. The Morgan fingerprint density at radius 2 is 1.92 bits per heavy atom. The second-order valence-corrected chi connectivity index (χ2v) is 7.77. The molecule has 0 radical (unpaired) electrons. The van der Waals surface area contributed by atoms with Crippen LogP contribution >= 0.6 is 0 Å². The van der Waals surface area contributed by atoms with E-state index >= 15 is 0 Å². The molecule has 1 aromatic carbocycles. The van der Waals surface area contributed by atoms with Crippen molar-refractivity contribution in [3.05, 3.63) is 41.6 Å². The maximum atomic E-state index is 12.6. The number of pyridine rings is 1. The number of aromatic nitrogens is 1. The van der Waals surface area contributed by atoms with Crippen LogP contribution in [0.15, 0.2) is 30.5 Å². The maximum Gasteiger partial charge on any atom is 0.339 e. The minimum absolute atomic E-state index is 0.0769. The van der Waals surface area contributed by atoms with Gasteiger partial charge < -0.3 is 9.47 Å². The van der Waals surface area contributed by atoms with E-state index in [2.05, 4.69) is 24.0 Å². The normalized spacial score (nSPS) is 17.7. The zero-order valence-electron chi connectivity index (χ0n) is 14.9. The monoisotopic (exact) mass is 327 g/mol. The van der Waals surface area contributed by atoms with Crippen LogP contribution in [0.5, 0.6) is 0 Å². The highest BCUT2D eigenvalue weighted by molar-refractivity contribution is 6.03. The van der Waals surface area contributed by atoms with E-state index in [9.17, 15) is 4.79 Å². The average Bonchev–Trinajstić information content (AvgIpc) is 2.53. The molecule has 3 rings (SSSR count). The fraction of sp³-hybridized carbons (Fsp3) is 0.500. The summed E-state index contributed by atoms with van der Waals surface area (Å²) in [5, 5.41) is 0.858. The van der Waals surface area contributed by atoms with Gasteiger partial charge in [-0.3, -0.25) is 4.98 Å². The summed E-state index contributed by atoms with van der Waals surface area (Å²) >= 11 is 0. The van der Waals surface area contributed by atoms with Crippen molar-refractivity contribution in [1.29, 1.82) is 0 Å². The Kier molecular flexibility index (Phi) is 4.35. The lowest BCUT2D eigenvalue weighted by atomic mass is 9.75. The second-order valence-electron chi connectivity index (χ2n) is 7.77. The van der Waals surface area contributed by atoms with Crippen LogP contribution in [-0.2, 0) is 14.9 Å². The van der Waals surface area contributed by atoms with E-state index in [0.29, 0.717) is 5.56 Å². The Hall–Kier alpha value is -1.94. The molecular weight excluding hydrogens is 302 g/mol. The standard InChI is InChI=1S/C20H25NO3/c1-19(2,3)24-18(22)15-7-10-21-17-6-5-14(13-16(15)17)20(4)8-11-23-12-9-20/h5-7,10,13H,8-9,11-12H2,1-4H3. The van der Waals surface area contributed by atoms with Gasteiger partial charge in [0.2, 0.25) is 0 Å². The molecule has 0 atom stereocenters. The van der Waals surface area contributed by atoms with Gasteiger partial charge in [-0.25, -0.2) is 4.79 Å². The van der Waals surface area contributed by atoms with E-state index < -0.39 is 5.60 Å². The van der Waals surface area contributed by atoms with Gasteiger partial charge in [0.25, 0.3) is 0 Å². The van der Waals surface area contributed by atoms with Gasteiger partial charge in [0.1, 0.15) is 5.60 Å². The molecule has 1 aliphatic heterocycles. The first-order valence-corrected chi connectivity index (χ1v) is 8.49. The van der Waals surface area contributed by atoms with Gasteiger partial charge >= 0.3 is 5.97 Å². The number of carbonyl (C=O) groups excluding carboxylic acids is 1. The van der Waals surface area contributed by atoms with Crippen LogP contribution in [0.4, 0.5) is 0 Å². The van der Waals surface area contributed by atoms with Crippen LogP contribution < -0.4 is 0 Å². The van der Waals surface area contributed by atoms with Crippen LogP contribution in [0.1, 0.15) is 56.5 Å². The van der Waals surface area contributed by atoms with Crippen LogP contribution in [0.3, 0.4) is 0 Å². The van der Waals surface area contributed by atoms with Crippen LogP contribution in [0.2, 0.25) is 0 Å².